The number of hydrogen-bond acceptors (Lipinski definition) is 3. The molecule has 0 radical (unpaired) electrons. The first-order valence-electron chi connectivity index (χ1n) is 11.6. The smallest absolute Gasteiger partial charge is 0.126 e. The largest absolute Gasteiger partial charge is 0.373 e. The van der Waals surface area contributed by atoms with Crippen molar-refractivity contribution in [3.8, 4) is 0 Å². The number of nitrogens with zero attached hydrogens (tertiary/aromatic N) is 1. The Bertz CT molecular complexity index is 1110. The highest BCUT2D eigenvalue weighted by atomic mass is 19.1. The van der Waals surface area contributed by atoms with Crippen molar-refractivity contribution in [2.24, 2.45) is 0 Å². The maximum Gasteiger partial charge on any atom is 0.126 e. The van der Waals surface area contributed by atoms with Crippen LogP contribution in [-0.2, 0) is 4.74 Å². The van der Waals surface area contributed by atoms with Gasteiger partial charge in [-0.2, -0.15) is 0 Å². The average molecular weight is 455 g/mol. The molecule has 0 aliphatic carbocycles. The Kier molecular flexibility index (Phi) is 7.78. The van der Waals surface area contributed by atoms with Crippen LogP contribution in [0.3, 0.4) is 0 Å². The molecule has 3 aromatic rings. The molecule has 0 bridgehead atoms. The fourth-order valence-electron chi connectivity index (χ4n) is 4.45. The van der Waals surface area contributed by atoms with E-state index in [9.17, 15) is 13.2 Å². The van der Waals surface area contributed by atoms with Crippen LogP contribution in [0.5, 0.6) is 0 Å². The maximum absolute atomic E-state index is 14.1. The van der Waals surface area contributed by atoms with Crippen LogP contribution in [0.2, 0.25) is 0 Å². The topological polar surface area (TPSA) is 34.2 Å². The van der Waals surface area contributed by atoms with E-state index < -0.39 is 5.82 Å². The van der Waals surface area contributed by atoms with Gasteiger partial charge in [0.1, 0.15) is 17.5 Å². The van der Waals surface area contributed by atoms with Crippen molar-refractivity contribution in [1.29, 1.82) is 0 Å². The van der Waals surface area contributed by atoms with Crippen LogP contribution >= 0.6 is 0 Å². The van der Waals surface area contributed by atoms with Crippen molar-refractivity contribution >= 4 is 17.0 Å². The van der Waals surface area contributed by atoms with Crippen LogP contribution in [0.4, 0.5) is 13.2 Å². The van der Waals surface area contributed by atoms with E-state index in [1.807, 2.05) is 25.1 Å². The molecule has 6 heteroatoms. The number of aromatic nitrogens is 1. The lowest BCUT2D eigenvalue weighted by Gasteiger charge is -2.29. The van der Waals surface area contributed by atoms with Gasteiger partial charge in [0.15, 0.2) is 0 Å². The molecule has 4 rings (SSSR count). The third-order valence-corrected chi connectivity index (χ3v) is 6.36. The van der Waals surface area contributed by atoms with E-state index in [4.69, 9.17) is 4.74 Å². The van der Waals surface area contributed by atoms with E-state index in [1.165, 1.54) is 24.3 Å². The molecule has 1 aliphatic rings. The number of ether oxygens (including phenoxy) is 1. The number of fused-ring (bicyclic) bond motifs is 1. The molecule has 1 unspecified atom stereocenters. The van der Waals surface area contributed by atoms with Gasteiger partial charge in [-0.1, -0.05) is 19.1 Å². The summed E-state index contributed by atoms with van der Waals surface area (Å²) >= 11 is 0. The van der Waals surface area contributed by atoms with E-state index in [-0.39, 0.29) is 29.7 Å². The van der Waals surface area contributed by atoms with Crippen molar-refractivity contribution in [2.45, 2.75) is 50.7 Å². The molecule has 1 saturated heterocycles. The lowest BCUT2D eigenvalue weighted by atomic mass is 9.92. The summed E-state index contributed by atoms with van der Waals surface area (Å²) in [4.78, 5) is 4.28. The Balaban J connectivity index is 1.26. The highest BCUT2D eigenvalue weighted by molar-refractivity contribution is 5.87. The standard InChI is InChI=1S/C27H29F3N2O/c1-2-18(24-15-20(28)4-9-26(24)30)11-13-31-22-6-8-23(33-17-22)7-3-19-12-14-32-27-10-5-21(29)16-25(19)27/h3-5,7,9-10,12,14-16,18,22-23,31H,2,6,8,11,13,17H2,1H3/b7-3+/t18?,22-,23-/m0/s1. The fourth-order valence-corrected chi connectivity index (χ4v) is 4.45. The molecule has 2 heterocycles. The number of hydrogen-bond donors (Lipinski definition) is 1. The molecule has 3 atom stereocenters. The zero-order valence-corrected chi connectivity index (χ0v) is 18.7. The Morgan fingerprint density at radius 2 is 1.91 bits per heavy atom. The normalized spacial score (nSPS) is 19.9. The van der Waals surface area contributed by atoms with E-state index in [0.717, 1.165) is 54.8 Å². The molecule has 0 spiro atoms. The molecule has 1 N–H and O–H groups in total. The average Bonchev–Trinajstić information content (AvgIpc) is 2.83. The highest BCUT2D eigenvalue weighted by Crippen LogP contribution is 2.27. The van der Waals surface area contributed by atoms with Gasteiger partial charge in [-0.25, -0.2) is 13.2 Å². The van der Waals surface area contributed by atoms with E-state index in [1.54, 1.807) is 12.3 Å². The first kappa shape index (κ1) is 23.5. The summed E-state index contributed by atoms with van der Waals surface area (Å²) < 4.78 is 47.3. The van der Waals surface area contributed by atoms with Crippen LogP contribution < -0.4 is 5.32 Å². The Labute approximate surface area is 192 Å². The Morgan fingerprint density at radius 1 is 1.09 bits per heavy atom. The van der Waals surface area contributed by atoms with Gasteiger partial charge in [-0.3, -0.25) is 4.98 Å². The summed E-state index contributed by atoms with van der Waals surface area (Å²) in [5, 5.41) is 4.28. The van der Waals surface area contributed by atoms with Crippen LogP contribution in [0.15, 0.2) is 54.7 Å². The minimum Gasteiger partial charge on any atom is -0.373 e. The second kappa shape index (κ2) is 10.9. The second-order valence-electron chi connectivity index (χ2n) is 8.58. The molecular weight excluding hydrogens is 425 g/mol. The predicted molar refractivity (Wildman–Crippen MR) is 126 cm³/mol. The molecule has 0 amide bonds. The summed E-state index contributed by atoms with van der Waals surface area (Å²) in [7, 11) is 0. The lowest BCUT2D eigenvalue weighted by Crippen LogP contribution is -2.40. The fraction of sp³-hybridized carbons (Fsp3) is 0.370. The zero-order chi connectivity index (χ0) is 23.2. The number of nitrogens with one attached hydrogen (secondary N) is 1. The summed E-state index contributed by atoms with van der Waals surface area (Å²) in [6.07, 6.45) is 9.06. The lowest BCUT2D eigenvalue weighted by molar-refractivity contribution is 0.0255. The first-order chi connectivity index (χ1) is 16.0. The van der Waals surface area contributed by atoms with Gasteiger partial charge < -0.3 is 10.1 Å². The van der Waals surface area contributed by atoms with Gasteiger partial charge >= 0.3 is 0 Å². The van der Waals surface area contributed by atoms with Crippen LogP contribution in [0.25, 0.3) is 17.0 Å². The molecular formula is C27H29F3N2O. The summed E-state index contributed by atoms with van der Waals surface area (Å²) in [6, 6.07) is 10.4. The predicted octanol–water partition coefficient (Wildman–Crippen LogP) is 6.39. The van der Waals surface area contributed by atoms with Crippen molar-refractivity contribution in [3.05, 3.63) is 83.3 Å². The quantitative estimate of drug-likeness (QED) is 0.428. The number of halogens is 3. The van der Waals surface area contributed by atoms with Gasteiger partial charge in [0.25, 0.3) is 0 Å². The number of benzene rings is 2. The van der Waals surface area contributed by atoms with Gasteiger partial charge in [0, 0.05) is 17.6 Å². The molecule has 0 saturated carbocycles. The molecule has 1 aliphatic heterocycles. The maximum atomic E-state index is 14.1. The van der Waals surface area contributed by atoms with Gasteiger partial charge in [0.2, 0.25) is 0 Å². The van der Waals surface area contributed by atoms with Crippen molar-refractivity contribution in [1.82, 2.24) is 10.3 Å². The van der Waals surface area contributed by atoms with Crippen molar-refractivity contribution in [2.75, 3.05) is 13.2 Å². The second-order valence-corrected chi connectivity index (χ2v) is 8.58. The first-order valence-corrected chi connectivity index (χ1v) is 11.6. The van der Waals surface area contributed by atoms with E-state index in [2.05, 4.69) is 10.3 Å². The molecule has 174 valence electrons. The van der Waals surface area contributed by atoms with Gasteiger partial charge in [-0.15, -0.1) is 0 Å². The van der Waals surface area contributed by atoms with Crippen LogP contribution in [0, 0.1) is 17.5 Å². The molecule has 2 aromatic carbocycles. The molecule has 33 heavy (non-hydrogen) atoms. The monoisotopic (exact) mass is 454 g/mol. The Morgan fingerprint density at radius 3 is 2.70 bits per heavy atom. The van der Waals surface area contributed by atoms with E-state index in [0.29, 0.717) is 12.2 Å². The van der Waals surface area contributed by atoms with Crippen molar-refractivity contribution in [3.63, 3.8) is 0 Å². The minimum atomic E-state index is -0.400. The Hall–Kier alpha value is -2.70. The van der Waals surface area contributed by atoms with Crippen molar-refractivity contribution < 1.29 is 17.9 Å². The number of rotatable bonds is 8. The number of pyridine rings is 1. The molecule has 1 aromatic heterocycles. The third kappa shape index (κ3) is 6.01. The van der Waals surface area contributed by atoms with Crippen LogP contribution in [0.1, 0.15) is 49.7 Å². The zero-order valence-electron chi connectivity index (χ0n) is 18.7. The molecule has 1 fully saturated rings. The minimum absolute atomic E-state index is 0.00426. The highest BCUT2D eigenvalue weighted by Gasteiger charge is 2.21. The third-order valence-electron chi connectivity index (χ3n) is 6.36. The SMILES string of the molecule is CCC(CCN[C@H]1CC[C@H](/C=C/c2ccnc3ccc(F)cc23)OC1)c1cc(F)ccc1F. The van der Waals surface area contributed by atoms with Gasteiger partial charge in [0.05, 0.1) is 18.2 Å². The summed E-state index contributed by atoms with van der Waals surface area (Å²) in [5.41, 5.74) is 2.13. The van der Waals surface area contributed by atoms with Crippen LogP contribution in [-0.4, -0.2) is 30.3 Å². The summed E-state index contributed by atoms with van der Waals surface area (Å²) in [5.74, 6) is -1.04. The molecule has 3 nitrogen and oxygen atoms in total. The van der Waals surface area contributed by atoms with Gasteiger partial charge in [-0.05, 0) is 91.7 Å². The summed E-state index contributed by atoms with van der Waals surface area (Å²) in [6.45, 7) is 3.31. The van der Waals surface area contributed by atoms with E-state index >= 15 is 0 Å².